The predicted octanol–water partition coefficient (Wildman–Crippen LogP) is 2.91. The van der Waals surface area contributed by atoms with Crippen LogP contribution in [0.5, 0.6) is 0 Å². The fourth-order valence-electron chi connectivity index (χ4n) is 2.80. The van der Waals surface area contributed by atoms with Gasteiger partial charge in [0.05, 0.1) is 10.4 Å². The number of thiophene rings is 1. The van der Waals surface area contributed by atoms with Crippen molar-refractivity contribution in [2.45, 2.75) is 13.8 Å². The first-order valence-electron chi connectivity index (χ1n) is 8.61. The van der Waals surface area contributed by atoms with Crippen LogP contribution in [-0.2, 0) is 9.53 Å². The summed E-state index contributed by atoms with van der Waals surface area (Å²) in [5, 5.41) is 1.74. The quantitative estimate of drug-likeness (QED) is 0.495. The molecule has 0 spiro atoms. The smallest absolute Gasteiger partial charge is 0.340 e. The maximum absolute atomic E-state index is 13.2. The number of benzene rings is 1. The third-order valence-electron chi connectivity index (χ3n) is 4.13. The highest BCUT2D eigenvalue weighted by atomic mass is 32.1. The summed E-state index contributed by atoms with van der Waals surface area (Å²) in [6, 6.07) is 10.8. The molecular weight excluding hydrogens is 397 g/mol. The Kier molecular flexibility index (Phi) is 6.08. The zero-order valence-corrected chi connectivity index (χ0v) is 16.5. The lowest BCUT2D eigenvalue weighted by Crippen LogP contribution is -2.43. The van der Waals surface area contributed by atoms with Gasteiger partial charge in [0, 0.05) is 17.1 Å². The predicted molar refractivity (Wildman–Crippen MR) is 105 cm³/mol. The van der Waals surface area contributed by atoms with Crippen molar-refractivity contribution >= 4 is 29.1 Å². The Morgan fingerprint density at radius 1 is 1.10 bits per heavy atom. The van der Waals surface area contributed by atoms with Crippen LogP contribution < -0.4 is 10.9 Å². The molecule has 29 heavy (non-hydrogen) atoms. The van der Waals surface area contributed by atoms with E-state index in [-0.39, 0.29) is 5.82 Å². The van der Waals surface area contributed by atoms with Gasteiger partial charge in [-0.15, -0.1) is 11.3 Å². The van der Waals surface area contributed by atoms with E-state index in [4.69, 9.17) is 4.74 Å². The lowest BCUT2D eigenvalue weighted by atomic mass is 10.2. The molecule has 2 N–H and O–H groups in total. The number of ether oxygens (including phenoxy) is 1. The molecule has 0 aliphatic carbocycles. The Morgan fingerprint density at radius 2 is 1.83 bits per heavy atom. The number of aromatic nitrogens is 1. The lowest BCUT2D eigenvalue weighted by molar-refractivity contribution is -0.125. The van der Waals surface area contributed by atoms with Crippen molar-refractivity contribution in [3.63, 3.8) is 0 Å². The number of nitrogens with one attached hydrogen (secondary N) is 2. The van der Waals surface area contributed by atoms with Crippen LogP contribution in [0.3, 0.4) is 0 Å². The summed E-state index contributed by atoms with van der Waals surface area (Å²) >= 11 is 1.23. The van der Waals surface area contributed by atoms with Crippen molar-refractivity contribution in [2.75, 3.05) is 6.61 Å². The van der Waals surface area contributed by atoms with Crippen LogP contribution >= 0.6 is 11.3 Å². The minimum Gasteiger partial charge on any atom is -0.452 e. The Bertz CT molecular complexity index is 1040. The zero-order valence-electron chi connectivity index (χ0n) is 15.7. The fourth-order valence-corrected chi connectivity index (χ4v) is 3.42. The third-order valence-corrected chi connectivity index (χ3v) is 5.00. The number of hydrazine groups is 1. The van der Waals surface area contributed by atoms with Crippen LogP contribution in [0.25, 0.3) is 5.69 Å². The topological polar surface area (TPSA) is 89.4 Å². The van der Waals surface area contributed by atoms with E-state index in [9.17, 15) is 18.8 Å². The Balaban J connectivity index is 1.59. The van der Waals surface area contributed by atoms with Gasteiger partial charge in [0.1, 0.15) is 5.82 Å². The Morgan fingerprint density at radius 3 is 2.48 bits per heavy atom. The van der Waals surface area contributed by atoms with E-state index < -0.39 is 24.4 Å². The molecule has 0 saturated heterocycles. The van der Waals surface area contributed by atoms with Gasteiger partial charge in [-0.1, -0.05) is 6.07 Å². The number of amides is 2. The molecule has 7 nitrogen and oxygen atoms in total. The number of rotatable bonds is 5. The molecule has 2 heterocycles. The highest BCUT2D eigenvalue weighted by molar-refractivity contribution is 7.12. The molecule has 0 bridgehead atoms. The second-order valence-corrected chi connectivity index (χ2v) is 7.10. The highest BCUT2D eigenvalue weighted by Gasteiger charge is 2.19. The zero-order chi connectivity index (χ0) is 21.0. The number of carbonyl (C=O) groups is 3. The van der Waals surface area contributed by atoms with Crippen LogP contribution in [0.1, 0.15) is 31.4 Å². The number of hydrogen-bond acceptors (Lipinski definition) is 5. The van der Waals surface area contributed by atoms with Crippen LogP contribution in [0.2, 0.25) is 0 Å². The summed E-state index contributed by atoms with van der Waals surface area (Å²) in [6.07, 6.45) is 0. The Hall–Kier alpha value is -3.46. The van der Waals surface area contributed by atoms with Gasteiger partial charge in [-0.2, -0.15) is 0 Å². The average molecular weight is 415 g/mol. The summed E-state index contributed by atoms with van der Waals surface area (Å²) in [6.45, 7) is 2.98. The number of nitrogens with zero attached hydrogens (tertiary/aromatic N) is 1. The first-order valence-corrected chi connectivity index (χ1v) is 9.49. The molecule has 0 radical (unpaired) electrons. The van der Waals surface area contributed by atoms with Gasteiger partial charge in [0.15, 0.2) is 6.61 Å². The largest absolute Gasteiger partial charge is 0.452 e. The molecule has 3 aromatic rings. The second-order valence-electron chi connectivity index (χ2n) is 6.15. The summed E-state index contributed by atoms with van der Waals surface area (Å²) in [4.78, 5) is 36.4. The number of hydrogen-bond donors (Lipinski definition) is 2. The van der Waals surface area contributed by atoms with Gasteiger partial charge >= 0.3 is 5.97 Å². The highest BCUT2D eigenvalue weighted by Crippen LogP contribution is 2.21. The van der Waals surface area contributed by atoms with Crippen LogP contribution in [0, 0.1) is 19.7 Å². The third kappa shape index (κ3) is 4.69. The summed E-state index contributed by atoms with van der Waals surface area (Å²) in [7, 11) is 0. The molecular formula is C20H18FN3O4S. The normalized spacial score (nSPS) is 10.4. The molecule has 3 rings (SSSR count). The molecule has 1 aromatic carbocycles. The SMILES string of the molecule is Cc1cc(C(=O)OCC(=O)NNC(=O)c2cccs2)c(C)n1-c1ccc(F)cc1. The standard InChI is InChI=1S/C20H18FN3O4S/c1-12-10-16(13(2)24(12)15-7-5-14(21)6-8-15)20(27)28-11-18(25)22-23-19(26)17-4-3-9-29-17/h3-10H,11H2,1-2H3,(H,22,25)(H,23,26). The summed E-state index contributed by atoms with van der Waals surface area (Å²) in [5.74, 6) is -2.16. The monoisotopic (exact) mass is 415 g/mol. The van der Waals surface area contributed by atoms with Gasteiger partial charge in [-0.05, 0) is 55.6 Å². The van der Waals surface area contributed by atoms with Crippen molar-refractivity contribution in [1.29, 1.82) is 0 Å². The number of aryl methyl sites for hydroxylation is 1. The van der Waals surface area contributed by atoms with Crippen LogP contribution in [0.15, 0.2) is 47.8 Å². The van der Waals surface area contributed by atoms with Gasteiger partial charge < -0.3 is 9.30 Å². The minimum atomic E-state index is -0.675. The molecule has 150 valence electrons. The second kappa shape index (κ2) is 8.70. The van der Waals surface area contributed by atoms with Gasteiger partial charge in [-0.25, -0.2) is 9.18 Å². The fraction of sp³-hybridized carbons (Fsp3) is 0.150. The summed E-state index contributed by atoms with van der Waals surface area (Å²) in [5.41, 5.74) is 6.79. The van der Waals surface area contributed by atoms with E-state index in [1.54, 1.807) is 54.1 Å². The number of halogens is 1. The molecule has 0 aliphatic heterocycles. The van der Waals surface area contributed by atoms with E-state index in [0.717, 1.165) is 5.69 Å². The Labute approximate surface area is 170 Å². The van der Waals surface area contributed by atoms with E-state index >= 15 is 0 Å². The first-order chi connectivity index (χ1) is 13.9. The molecule has 0 atom stereocenters. The van der Waals surface area contributed by atoms with Crippen LogP contribution in [-0.4, -0.2) is 29.0 Å². The molecule has 0 aliphatic rings. The van der Waals surface area contributed by atoms with Gasteiger partial charge in [-0.3, -0.25) is 20.4 Å². The van der Waals surface area contributed by atoms with Crippen molar-refractivity contribution in [2.24, 2.45) is 0 Å². The van der Waals surface area contributed by atoms with E-state index in [0.29, 0.717) is 21.8 Å². The number of carbonyl (C=O) groups excluding carboxylic acids is 3. The van der Waals surface area contributed by atoms with E-state index in [2.05, 4.69) is 10.9 Å². The molecule has 2 amide bonds. The maximum Gasteiger partial charge on any atom is 0.340 e. The molecule has 0 fully saturated rings. The lowest BCUT2D eigenvalue weighted by Gasteiger charge is -2.10. The van der Waals surface area contributed by atoms with Gasteiger partial charge in [0.2, 0.25) is 0 Å². The van der Waals surface area contributed by atoms with Crippen molar-refractivity contribution in [3.8, 4) is 5.69 Å². The molecule has 0 unspecified atom stereocenters. The first kappa shape index (κ1) is 20.3. The average Bonchev–Trinajstić information content (AvgIpc) is 3.33. The van der Waals surface area contributed by atoms with Crippen LogP contribution in [0.4, 0.5) is 4.39 Å². The van der Waals surface area contributed by atoms with Crippen molar-refractivity contribution < 1.29 is 23.5 Å². The molecule has 0 saturated carbocycles. The van der Waals surface area contributed by atoms with Crippen molar-refractivity contribution in [1.82, 2.24) is 15.4 Å². The maximum atomic E-state index is 13.2. The van der Waals surface area contributed by atoms with Crippen molar-refractivity contribution in [3.05, 3.63) is 75.5 Å². The van der Waals surface area contributed by atoms with E-state index in [1.165, 1.54) is 23.5 Å². The summed E-state index contributed by atoms with van der Waals surface area (Å²) < 4.78 is 20.0. The molecule has 2 aromatic heterocycles. The number of esters is 1. The molecule has 9 heteroatoms. The van der Waals surface area contributed by atoms with E-state index in [1.807, 2.05) is 0 Å². The van der Waals surface area contributed by atoms with Gasteiger partial charge in [0.25, 0.3) is 11.8 Å². The minimum absolute atomic E-state index is 0.294.